The van der Waals surface area contributed by atoms with E-state index < -0.39 is 5.41 Å². The monoisotopic (exact) mass is 581 g/mol. The Labute approximate surface area is 256 Å². The van der Waals surface area contributed by atoms with E-state index in [1.54, 1.807) is 7.05 Å². The van der Waals surface area contributed by atoms with Gasteiger partial charge in [0, 0.05) is 43.0 Å². The predicted octanol–water partition coefficient (Wildman–Crippen LogP) is 3.96. The predicted molar refractivity (Wildman–Crippen MR) is 173 cm³/mol. The fourth-order valence-corrected chi connectivity index (χ4v) is 7.28. The summed E-state index contributed by atoms with van der Waals surface area (Å²) in [6.45, 7) is 11.9. The number of aliphatic imine (C=N–C) groups is 1. The molecule has 5 atom stereocenters. The maximum Gasteiger partial charge on any atom is 0.251 e. The molecule has 1 saturated heterocycles. The highest BCUT2D eigenvalue weighted by Crippen LogP contribution is 2.49. The van der Waals surface area contributed by atoms with Gasteiger partial charge in [-0.3, -0.25) is 9.79 Å². The van der Waals surface area contributed by atoms with Crippen LogP contribution in [0.4, 0.5) is 0 Å². The van der Waals surface area contributed by atoms with E-state index in [1.165, 1.54) is 23.1 Å². The average Bonchev–Trinajstić information content (AvgIpc) is 3.70. The van der Waals surface area contributed by atoms with Crippen LogP contribution in [0.3, 0.4) is 0 Å². The molecule has 2 aromatic rings. The second-order valence-corrected chi connectivity index (χ2v) is 12.7. The summed E-state index contributed by atoms with van der Waals surface area (Å²) in [5.74, 6) is 1.14. The molecule has 1 heterocycles. The standard InChI is InChI=1S/C35H47N7O/c1-21(2)41-34(37)35(13-14-40-20-22(3)42-29(19-36)17-28-18-32(28)42)30-11-9-24(23(4)38-5)15-25(30)7-8-26-16-27(33(43)39-6)10-12-31(26)35/h9-12,15-16,21,23,28-29,32,38,40H,3,7-8,13-14,17-18,20H2,1-2,4-6H3,(H2,37,41)(H,39,43)/t23?,28-,29?,32+,35?/m1/s1. The van der Waals surface area contributed by atoms with Crippen molar-refractivity contribution in [2.45, 2.75) is 82.5 Å². The number of likely N-dealkylation sites (tertiary alicyclic amines) is 1. The summed E-state index contributed by atoms with van der Waals surface area (Å²) < 4.78 is 0. The summed E-state index contributed by atoms with van der Waals surface area (Å²) in [5.41, 5.74) is 14.0. The van der Waals surface area contributed by atoms with Crippen LogP contribution >= 0.6 is 0 Å². The van der Waals surface area contributed by atoms with Gasteiger partial charge in [-0.05, 0) is 112 Å². The summed E-state index contributed by atoms with van der Waals surface area (Å²) in [5, 5.41) is 19.5. The number of nitrogens with zero attached hydrogens (tertiary/aromatic N) is 3. The van der Waals surface area contributed by atoms with Gasteiger partial charge in [0.25, 0.3) is 5.91 Å². The van der Waals surface area contributed by atoms with Crippen molar-refractivity contribution >= 4 is 11.7 Å². The first-order valence-electron chi connectivity index (χ1n) is 15.7. The highest BCUT2D eigenvalue weighted by molar-refractivity contribution is 5.98. The van der Waals surface area contributed by atoms with E-state index in [0.29, 0.717) is 42.9 Å². The molecule has 0 aromatic heterocycles. The highest BCUT2D eigenvalue weighted by Gasteiger charge is 2.52. The van der Waals surface area contributed by atoms with Gasteiger partial charge in [0.2, 0.25) is 0 Å². The van der Waals surface area contributed by atoms with Crippen molar-refractivity contribution in [1.29, 1.82) is 5.26 Å². The number of amidine groups is 1. The number of nitriles is 1. The zero-order chi connectivity index (χ0) is 30.9. The van der Waals surface area contributed by atoms with Crippen LogP contribution in [-0.2, 0) is 18.3 Å². The van der Waals surface area contributed by atoms with Gasteiger partial charge < -0.3 is 26.6 Å². The molecular formula is C35H47N7O. The lowest BCUT2D eigenvalue weighted by atomic mass is 9.68. The average molecular weight is 582 g/mol. The minimum Gasteiger partial charge on any atom is -0.386 e. The summed E-state index contributed by atoms with van der Waals surface area (Å²) in [6.07, 6.45) is 4.46. The van der Waals surface area contributed by atoms with E-state index in [0.717, 1.165) is 36.1 Å². The molecule has 3 aliphatic rings. The lowest BCUT2D eigenvalue weighted by Gasteiger charge is -2.37. The van der Waals surface area contributed by atoms with Gasteiger partial charge in [-0.25, -0.2) is 0 Å². The van der Waals surface area contributed by atoms with Crippen LogP contribution < -0.4 is 21.7 Å². The molecule has 2 aliphatic carbocycles. The molecule has 3 unspecified atom stereocenters. The maximum atomic E-state index is 12.6. The number of carbonyl (C=O) groups excluding carboxylic acids is 1. The Hall–Kier alpha value is -3.67. The molecular weight excluding hydrogens is 534 g/mol. The van der Waals surface area contributed by atoms with Crippen molar-refractivity contribution < 1.29 is 4.79 Å². The van der Waals surface area contributed by atoms with E-state index >= 15 is 0 Å². The Kier molecular flexibility index (Phi) is 8.96. The molecule has 0 radical (unpaired) electrons. The van der Waals surface area contributed by atoms with Gasteiger partial charge in [0.1, 0.15) is 11.9 Å². The van der Waals surface area contributed by atoms with Crippen LogP contribution in [0.15, 0.2) is 53.7 Å². The van der Waals surface area contributed by atoms with E-state index in [-0.39, 0.29) is 24.0 Å². The summed E-state index contributed by atoms with van der Waals surface area (Å²) in [4.78, 5) is 19.9. The molecule has 228 valence electrons. The minimum atomic E-state index is -0.674. The number of carbonyl (C=O) groups is 1. The smallest absolute Gasteiger partial charge is 0.251 e. The van der Waals surface area contributed by atoms with Gasteiger partial charge in [-0.2, -0.15) is 5.26 Å². The number of aryl methyl sites for hydroxylation is 2. The Morgan fingerprint density at radius 3 is 2.49 bits per heavy atom. The largest absolute Gasteiger partial charge is 0.386 e. The number of nitrogens with one attached hydrogen (secondary N) is 3. The van der Waals surface area contributed by atoms with Gasteiger partial charge >= 0.3 is 0 Å². The number of piperidine rings is 1. The minimum absolute atomic E-state index is 0.0260. The van der Waals surface area contributed by atoms with E-state index in [1.807, 2.05) is 19.2 Å². The molecule has 43 heavy (non-hydrogen) atoms. The van der Waals surface area contributed by atoms with Gasteiger partial charge in [0.05, 0.1) is 11.5 Å². The fourth-order valence-electron chi connectivity index (χ4n) is 7.28. The maximum absolute atomic E-state index is 12.6. The molecule has 5 N–H and O–H groups in total. The zero-order valence-corrected chi connectivity index (χ0v) is 26.3. The van der Waals surface area contributed by atoms with E-state index in [2.05, 4.69) is 78.5 Å². The molecule has 0 bridgehead atoms. The Balaban J connectivity index is 1.54. The summed E-state index contributed by atoms with van der Waals surface area (Å²) >= 11 is 0. The molecule has 2 aromatic carbocycles. The van der Waals surface area contributed by atoms with Crippen LogP contribution in [-0.4, -0.2) is 62.0 Å². The van der Waals surface area contributed by atoms with Crippen molar-refractivity contribution in [1.82, 2.24) is 20.9 Å². The van der Waals surface area contributed by atoms with Gasteiger partial charge in [-0.15, -0.1) is 0 Å². The van der Waals surface area contributed by atoms with Crippen LogP contribution in [0.25, 0.3) is 0 Å². The SMILES string of the molecule is C=C(CNCCC1(C(N)=NC(C)C)c2ccc(C(=O)NC)cc2CCc2cc(C(C)NC)ccc21)N1C(C#N)C[C@@H]2C[C@@H]21. The third-order valence-corrected chi connectivity index (χ3v) is 9.70. The number of rotatable bonds is 11. The molecule has 8 heteroatoms. The summed E-state index contributed by atoms with van der Waals surface area (Å²) in [7, 11) is 3.64. The normalized spacial score (nSPS) is 24.8. The van der Waals surface area contributed by atoms with Crippen molar-refractivity contribution in [3.05, 3.63) is 82.1 Å². The number of fused-ring (bicyclic) bond motifs is 3. The first-order valence-corrected chi connectivity index (χ1v) is 15.7. The lowest BCUT2D eigenvalue weighted by molar-refractivity contribution is 0.0963. The number of hydrogen-bond acceptors (Lipinski definition) is 6. The van der Waals surface area contributed by atoms with Gasteiger partial charge in [0.15, 0.2) is 0 Å². The molecule has 0 spiro atoms. The van der Waals surface area contributed by atoms with Crippen molar-refractivity contribution in [2.24, 2.45) is 16.6 Å². The Bertz CT molecular complexity index is 1460. The number of amides is 1. The molecule has 5 rings (SSSR count). The second kappa shape index (κ2) is 12.5. The Morgan fingerprint density at radius 1 is 1.14 bits per heavy atom. The third kappa shape index (κ3) is 5.81. The topological polar surface area (TPSA) is 119 Å². The third-order valence-electron chi connectivity index (χ3n) is 9.70. The van der Waals surface area contributed by atoms with Crippen LogP contribution in [0.5, 0.6) is 0 Å². The number of nitrogens with two attached hydrogens (primary N) is 1. The highest BCUT2D eigenvalue weighted by atomic mass is 16.1. The fraction of sp³-hybridized carbons (Fsp3) is 0.514. The molecule has 1 aliphatic heterocycles. The van der Waals surface area contributed by atoms with Crippen molar-refractivity contribution in [2.75, 3.05) is 27.2 Å². The van der Waals surface area contributed by atoms with Gasteiger partial charge in [-0.1, -0.05) is 30.8 Å². The van der Waals surface area contributed by atoms with E-state index in [9.17, 15) is 10.1 Å². The molecule has 8 nitrogen and oxygen atoms in total. The number of hydrogen-bond donors (Lipinski definition) is 4. The quantitative estimate of drug-likeness (QED) is 0.181. The zero-order valence-electron chi connectivity index (χ0n) is 26.3. The molecule has 1 amide bonds. The second-order valence-electron chi connectivity index (χ2n) is 12.7. The van der Waals surface area contributed by atoms with Crippen molar-refractivity contribution in [3.8, 4) is 6.07 Å². The lowest BCUT2D eigenvalue weighted by Crippen LogP contribution is -2.46. The molecule has 2 fully saturated rings. The Morgan fingerprint density at radius 2 is 1.84 bits per heavy atom. The van der Waals surface area contributed by atoms with E-state index in [4.69, 9.17) is 10.7 Å². The first kappa shape index (κ1) is 30.8. The number of benzene rings is 2. The summed E-state index contributed by atoms with van der Waals surface area (Å²) in [6, 6.07) is 15.9. The first-order chi connectivity index (χ1) is 20.6. The molecule has 1 saturated carbocycles. The van der Waals surface area contributed by atoms with Crippen LogP contribution in [0.1, 0.15) is 84.3 Å². The van der Waals surface area contributed by atoms with Crippen LogP contribution in [0, 0.1) is 17.2 Å². The van der Waals surface area contributed by atoms with Crippen LogP contribution in [0.2, 0.25) is 0 Å². The van der Waals surface area contributed by atoms with Crippen molar-refractivity contribution in [3.63, 3.8) is 0 Å².